The van der Waals surface area contributed by atoms with Crippen LogP contribution in [0.25, 0.3) is 0 Å². The van der Waals surface area contributed by atoms with Crippen molar-refractivity contribution >= 4 is 18.3 Å². The Morgan fingerprint density at radius 3 is 2.70 bits per heavy atom. The van der Waals surface area contributed by atoms with Crippen LogP contribution in [0, 0.1) is 12.8 Å². The molecule has 1 fully saturated rings. The van der Waals surface area contributed by atoms with E-state index in [2.05, 4.69) is 0 Å². The van der Waals surface area contributed by atoms with Gasteiger partial charge in [-0.25, -0.2) is 0 Å². The van der Waals surface area contributed by atoms with Crippen LogP contribution in [-0.2, 0) is 9.53 Å². The van der Waals surface area contributed by atoms with Crippen molar-refractivity contribution in [2.24, 2.45) is 11.7 Å². The smallest absolute Gasteiger partial charge is 0.244 e. The summed E-state index contributed by atoms with van der Waals surface area (Å²) in [5.74, 6) is 0.460. The van der Waals surface area contributed by atoms with Crippen molar-refractivity contribution in [3.63, 3.8) is 0 Å². The van der Waals surface area contributed by atoms with E-state index in [1.807, 2.05) is 36.1 Å². The molecule has 4 nitrogen and oxygen atoms in total. The maximum atomic E-state index is 12.3. The molecule has 0 radical (unpaired) electrons. The van der Waals surface area contributed by atoms with Crippen molar-refractivity contribution in [3.05, 3.63) is 35.4 Å². The van der Waals surface area contributed by atoms with Crippen molar-refractivity contribution in [1.82, 2.24) is 4.90 Å². The number of hydrogen-bond donors (Lipinski definition) is 1. The third-order valence-corrected chi connectivity index (χ3v) is 3.70. The highest BCUT2D eigenvalue weighted by molar-refractivity contribution is 5.85. The van der Waals surface area contributed by atoms with Gasteiger partial charge in [0.25, 0.3) is 0 Å². The molecule has 1 aromatic carbocycles. The lowest BCUT2D eigenvalue weighted by atomic mass is 10.0. The lowest BCUT2D eigenvalue weighted by molar-refractivity contribution is -0.131. The average molecular weight is 299 g/mol. The first-order chi connectivity index (χ1) is 9.11. The van der Waals surface area contributed by atoms with E-state index in [1.165, 1.54) is 5.56 Å². The molecule has 0 aromatic heterocycles. The Kier molecular flexibility index (Phi) is 6.46. The summed E-state index contributed by atoms with van der Waals surface area (Å²) in [4.78, 5) is 14.2. The van der Waals surface area contributed by atoms with E-state index < -0.39 is 6.04 Å². The highest BCUT2D eigenvalue weighted by atomic mass is 35.5. The van der Waals surface area contributed by atoms with Gasteiger partial charge in [-0.2, -0.15) is 0 Å². The van der Waals surface area contributed by atoms with Gasteiger partial charge in [0.2, 0.25) is 5.91 Å². The van der Waals surface area contributed by atoms with E-state index in [0.717, 1.165) is 25.1 Å². The number of nitrogens with two attached hydrogens (primary N) is 1. The molecule has 1 saturated heterocycles. The molecule has 2 atom stereocenters. The number of nitrogens with zero attached hydrogens (tertiary/aromatic N) is 1. The highest BCUT2D eigenvalue weighted by Crippen LogP contribution is 2.21. The number of amides is 1. The minimum Gasteiger partial charge on any atom is -0.384 e. The Hall–Kier alpha value is -1.10. The molecule has 1 heterocycles. The predicted molar refractivity (Wildman–Crippen MR) is 81.9 cm³/mol. The van der Waals surface area contributed by atoms with E-state index in [9.17, 15) is 4.79 Å². The summed E-state index contributed by atoms with van der Waals surface area (Å²) < 4.78 is 5.14. The zero-order chi connectivity index (χ0) is 13.8. The van der Waals surface area contributed by atoms with Gasteiger partial charge >= 0.3 is 0 Å². The van der Waals surface area contributed by atoms with Gasteiger partial charge in [0.1, 0.15) is 6.04 Å². The van der Waals surface area contributed by atoms with Crippen LogP contribution in [0.5, 0.6) is 0 Å². The number of carbonyl (C=O) groups excluding carboxylic acids is 1. The van der Waals surface area contributed by atoms with Crippen molar-refractivity contribution in [2.75, 3.05) is 26.8 Å². The molecule has 2 rings (SSSR count). The molecular formula is C15H23ClN2O2. The Labute approximate surface area is 126 Å². The fourth-order valence-corrected chi connectivity index (χ4v) is 2.52. The molecule has 5 heteroatoms. The fourth-order valence-electron chi connectivity index (χ4n) is 2.52. The van der Waals surface area contributed by atoms with Crippen LogP contribution in [0.2, 0.25) is 0 Å². The normalized spacial score (nSPS) is 19.6. The maximum Gasteiger partial charge on any atom is 0.244 e. The summed E-state index contributed by atoms with van der Waals surface area (Å²) in [5, 5.41) is 0. The Bertz CT molecular complexity index is 436. The van der Waals surface area contributed by atoms with E-state index in [4.69, 9.17) is 10.5 Å². The lowest BCUT2D eigenvalue weighted by Crippen LogP contribution is -2.37. The van der Waals surface area contributed by atoms with Gasteiger partial charge < -0.3 is 15.4 Å². The molecule has 1 aliphatic heterocycles. The van der Waals surface area contributed by atoms with Gasteiger partial charge in [0.15, 0.2) is 0 Å². The number of carbonyl (C=O) groups is 1. The summed E-state index contributed by atoms with van der Waals surface area (Å²) >= 11 is 0. The minimum absolute atomic E-state index is 0. The molecule has 1 aromatic rings. The molecule has 2 N–H and O–H groups in total. The topological polar surface area (TPSA) is 55.6 Å². The number of hydrogen-bond acceptors (Lipinski definition) is 3. The summed E-state index contributed by atoms with van der Waals surface area (Å²) in [5.41, 5.74) is 8.12. The number of benzene rings is 1. The monoisotopic (exact) mass is 298 g/mol. The summed E-state index contributed by atoms with van der Waals surface area (Å²) in [7, 11) is 1.70. The third kappa shape index (κ3) is 3.95. The first-order valence-corrected chi connectivity index (χ1v) is 6.71. The molecule has 1 amide bonds. The molecule has 0 saturated carbocycles. The standard InChI is InChI=1S/C15H22N2O2.ClH/c1-11-3-5-13(6-4-11)14(16)15(18)17-8-7-12(9-17)10-19-2;/h3-6,12,14H,7-10,16H2,1-2H3;1H. The van der Waals surface area contributed by atoms with Crippen LogP contribution < -0.4 is 5.73 Å². The first kappa shape index (κ1) is 17.0. The van der Waals surface area contributed by atoms with Crippen molar-refractivity contribution in [1.29, 1.82) is 0 Å². The van der Waals surface area contributed by atoms with Gasteiger partial charge in [-0.15, -0.1) is 12.4 Å². The van der Waals surface area contributed by atoms with E-state index in [-0.39, 0.29) is 18.3 Å². The molecular weight excluding hydrogens is 276 g/mol. The molecule has 0 spiro atoms. The van der Waals surface area contributed by atoms with E-state index in [1.54, 1.807) is 7.11 Å². The van der Waals surface area contributed by atoms with E-state index >= 15 is 0 Å². The first-order valence-electron chi connectivity index (χ1n) is 6.71. The summed E-state index contributed by atoms with van der Waals surface area (Å²) in [6, 6.07) is 7.28. The molecule has 1 aliphatic rings. The van der Waals surface area contributed by atoms with Gasteiger partial charge in [-0.1, -0.05) is 29.8 Å². The van der Waals surface area contributed by atoms with Crippen molar-refractivity contribution in [2.45, 2.75) is 19.4 Å². The minimum atomic E-state index is -0.554. The van der Waals surface area contributed by atoms with Crippen LogP contribution >= 0.6 is 12.4 Å². The molecule has 0 aliphatic carbocycles. The second-order valence-electron chi connectivity index (χ2n) is 5.28. The van der Waals surface area contributed by atoms with Gasteiger partial charge in [-0.05, 0) is 18.9 Å². The van der Waals surface area contributed by atoms with Crippen molar-refractivity contribution in [3.8, 4) is 0 Å². The summed E-state index contributed by atoms with van der Waals surface area (Å²) in [6.07, 6.45) is 1.00. The third-order valence-electron chi connectivity index (χ3n) is 3.70. The van der Waals surface area contributed by atoms with Crippen LogP contribution in [0.4, 0.5) is 0 Å². The quantitative estimate of drug-likeness (QED) is 0.924. The van der Waals surface area contributed by atoms with Crippen molar-refractivity contribution < 1.29 is 9.53 Å². The van der Waals surface area contributed by atoms with Crippen LogP contribution in [0.15, 0.2) is 24.3 Å². The molecule has 2 unspecified atom stereocenters. The highest BCUT2D eigenvalue weighted by Gasteiger charge is 2.29. The van der Waals surface area contributed by atoms with Crippen LogP contribution in [0.3, 0.4) is 0 Å². The van der Waals surface area contributed by atoms with Gasteiger partial charge in [0, 0.05) is 26.1 Å². The Balaban J connectivity index is 0.00000200. The summed E-state index contributed by atoms with van der Waals surface area (Å²) in [6.45, 7) is 4.27. The zero-order valence-corrected chi connectivity index (χ0v) is 12.9. The SMILES string of the molecule is COCC1CCN(C(=O)C(N)c2ccc(C)cc2)C1.Cl. The number of ether oxygens (including phenoxy) is 1. The number of halogens is 1. The molecule has 20 heavy (non-hydrogen) atoms. The maximum absolute atomic E-state index is 12.3. The van der Waals surface area contributed by atoms with Crippen LogP contribution in [-0.4, -0.2) is 37.6 Å². The largest absolute Gasteiger partial charge is 0.384 e. The van der Waals surface area contributed by atoms with Gasteiger partial charge in [0.05, 0.1) is 6.61 Å². The molecule has 0 bridgehead atoms. The number of aryl methyl sites for hydroxylation is 1. The zero-order valence-electron chi connectivity index (χ0n) is 12.0. The Morgan fingerprint density at radius 1 is 1.45 bits per heavy atom. The second-order valence-corrected chi connectivity index (χ2v) is 5.28. The Morgan fingerprint density at radius 2 is 2.10 bits per heavy atom. The number of likely N-dealkylation sites (tertiary alicyclic amines) is 1. The van der Waals surface area contributed by atoms with Gasteiger partial charge in [-0.3, -0.25) is 4.79 Å². The van der Waals surface area contributed by atoms with E-state index in [0.29, 0.717) is 12.5 Å². The molecule has 112 valence electrons. The number of rotatable bonds is 4. The van der Waals surface area contributed by atoms with Crippen LogP contribution in [0.1, 0.15) is 23.6 Å². The average Bonchev–Trinajstić information content (AvgIpc) is 2.87. The predicted octanol–water partition coefficient (Wildman–Crippen LogP) is 1.91. The lowest BCUT2D eigenvalue weighted by Gasteiger charge is -2.21. The fraction of sp³-hybridized carbons (Fsp3) is 0.533. The number of methoxy groups -OCH3 is 1. The second kappa shape index (κ2) is 7.62.